The van der Waals surface area contributed by atoms with Crippen LogP contribution in [-0.2, 0) is 4.79 Å². The predicted octanol–water partition coefficient (Wildman–Crippen LogP) is 1.03. The number of carbonyl (C=O) groups is 1. The van der Waals surface area contributed by atoms with Crippen LogP contribution in [0.3, 0.4) is 0 Å². The van der Waals surface area contributed by atoms with Crippen LogP contribution in [0.15, 0.2) is 12.4 Å². The van der Waals surface area contributed by atoms with Gasteiger partial charge in [0.15, 0.2) is 5.75 Å². The molecule has 0 saturated carbocycles. The molecule has 3 heterocycles. The molecule has 1 amide bonds. The molecule has 1 N–H and O–H groups in total. The summed E-state index contributed by atoms with van der Waals surface area (Å²) >= 11 is 1.54. The molecular formula is C17H26N4O3S. The fourth-order valence-corrected chi connectivity index (χ4v) is 4.32. The summed E-state index contributed by atoms with van der Waals surface area (Å²) in [6, 6.07) is 0. The first kappa shape index (κ1) is 18.3. The van der Waals surface area contributed by atoms with Crippen molar-refractivity contribution in [3.05, 3.63) is 12.4 Å². The highest BCUT2D eigenvalue weighted by Gasteiger charge is 2.46. The molecule has 0 unspecified atom stereocenters. The Balaban J connectivity index is 1.75. The highest BCUT2D eigenvalue weighted by Crippen LogP contribution is 2.39. The van der Waals surface area contributed by atoms with E-state index in [1.54, 1.807) is 31.3 Å². The van der Waals surface area contributed by atoms with Crippen molar-refractivity contribution in [3.8, 4) is 5.75 Å². The Morgan fingerprint density at radius 2 is 2.16 bits per heavy atom. The number of aliphatic hydroxyl groups excluding tert-OH is 1. The van der Waals surface area contributed by atoms with Crippen LogP contribution in [0, 0.1) is 5.41 Å². The van der Waals surface area contributed by atoms with Crippen LogP contribution < -0.4 is 9.64 Å². The molecule has 0 bridgehead atoms. The number of hydrogen-bond acceptors (Lipinski definition) is 7. The molecule has 0 aromatic carbocycles. The van der Waals surface area contributed by atoms with Crippen molar-refractivity contribution in [3.63, 3.8) is 0 Å². The number of amides is 1. The number of rotatable bonds is 4. The number of nitrogens with zero attached hydrogens (tertiary/aromatic N) is 4. The summed E-state index contributed by atoms with van der Waals surface area (Å²) in [5.74, 6) is 1.94. The molecule has 138 valence electrons. The zero-order chi connectivity index (χ0) is 17.9. The summed E-state index contributed by atoms with van der Waals surface area (Å²) in [5, 5.41) is 10.7. The van der Waals surface area contributed by atoms with Gasteiger partial charge in [0.25, 0.3) is 0 Å². The second-order valence-electron chi connectivity index (χ2n) is 6.86. The van der Waals surface area contributed by atoms with Crippen molar-refractivity contribution in [2.24, 2.45) is 5.41 Å². The molecule has 25 heavy (non-hydrogen) atoms. The van der Waals surface area contributed by atoms with E-state index in [4.69, 9.17) is 4.74 Å². The third-order valence-corrected chi connectivity index (χ3v) is 5.78. The van der Waals surface area contributed by atoms with Gasteiger partial charge in [-0.25, -0.2) is 9.97 Å². The van der Waals surface area contributed by atoms with E-state index in [1.807, 2.05) is 11.2 Å². The Bertz CT molecular complexity index is 600. The maximum atomic E-state index is 12.3. The van der Waals surface area contributed by atoms with E-state index in [1.165, 1.54) is 0 Å². The number of methoxy groups -OCH3 is 1. The lowest BCUT2D eigenvalue weighted by Gasteiger charge is -2.51. The summed E-state index contributed by atoms with van der Waals surface area (Å²) < 4.78 is 5.12. The Hall–Kier alpha value is -1.54. The number of hydrogen-bond donors (Lipinski definition) is 1. The molecule has 2 atom stereocenters. The van der Waals surface area contributed by atoms with E-state index in [2.05, 4.69) is 14.9 Å². The number of carbonyl (C=O) groups excluding carboxylic acids is 1. The first-order chi connectivity index (χ1) is 12.1. The van der Waals surface area contributed by atoms with Crippen LogP contribution >= 0.6 is 11.8 Å². The van der Waals surface area contributed by atoms with Gasteiger partial charge < -0.3 is 19.6 Å². The SMILES string of the molecule is COc1cnc(N2CC[C@@H](O)[C@]3(CCCN(C(=O)CSC)C3)C2)nc1. The quantitative estimate of drug-likeness (QED) is 0.852. The lowest BCUT2D eigenvalue weighted by molar-refractivity contribution is -0.135. The van der Waals surface area contributed by atoms with Gasteiger partial charge in [-0.05, 0) is 25.5 Å². The normalized spacial score (nSPS) is 26.8. The molecule has 1 spiro atoms. The van der Waals surface area contributed by atoms with E-state index in [9.17, 15) is 9.90 Å². The van der Waals surface area contributed by atoms with Crippen LogP contribution in [0.25, 0.3) is 0 Å². The first-order valence-electron chi connectivity index (χ1n) is 8.64. The van der Waals surface area contributed by atoms with Crippen molar-refractivity contribution >= 4 is 23.6 Å². The van der Waals surface area contributed by atoms with Gasteiger partial charge in [0, 0.05) is 31.6 Å². The molecule has 1 aromatic rings. The zero-order valence-corrected chi connectivity index (χ0v) is 15.7. The zero-order valence-electron chi connectivity index (χ0n) is 14.8. The van der Waals surface area contributed by atoms with Crippen molar-refractivity contribution in [2.45, 2.75) is 25.4 Å². The number of anilines is 1. The second-order valence-corrected chi connectivity index (χ2v) is 7.73. The number of thioether (sulfide) groups is 1. The van der Waals surface area contributed by atoms with Gasteiger partial charge >= 0.3 is 0 Å². The monoisotopic (exact) mass is 366 g/mol. The topological polar surface area (TPSA) is 78.8 Å². The van der Waals surface area contributed by atoms with Gasteiger partial charge in [-0.15, -0.1) is 0 Å². The lowest BCUT2D eigenvalue weighted by Crippen LogP contribution is -2.60. The highest BCUT2D eigenvalue weighted by atomic mass is 32.2. The van der Waals surface area contributed by atoms with Crippen molar-refractivity contribution < 1.29 is 14.6 Å². The Kier molecular flexibility index (Phi) is 5.68. The molecule has 8 heteroatoms. The third kappa shape index (κ3) is 3.84. The Labute approximate surface area is 152 Å². The molecular weight excluding hydrogens is 340 g/mol. The van der Waals surface area contributed by atoms with E-state index in [0.717, 1.165) is 19.4 Å². The van der Waals surface area contributed by atoms with Crippen LogP contribution in [0.2, 0.25) is 0 Å². The minimum Gasteiger partial charge on any atom is -0.494 e. The van der Waals surface area contributed by atoms with E-state index < -0.39 is 6.10 Å². The van der Waals surface area contributed by atoms with Crippen molar-refractivity contribution in [1.29, 1.82) is 0 Å². The molecule has 2 aliphatic heterocycles. The maximum Gasteiger partial charge on any atom is 0.232 e. The standard InChI is InChI=1S/C17H26N4O3S/c1-24-13-8-18-16(19-9-13)21-7-4-14(22)17(12-21)5-3-6-20(11-17)15(23)10-25-2/h8-9,14,22H,3-7,10-12H2,1-2H3/t14-,17+/m1/s1. The number of aliphatic hydroxyl groups is 1. The molecule has 1 aromatic heterocycles. The summed E-state index contributed by atoms with van der Waals surface area (Å²) in [6.07, 6.45) is 7.38. The summed E-state index contributed by atoms with van der Waals surface area (Å²) in [5.41, 5.74) is -0.298. The number of likely N-dealkylation sites (tertiary alicyclic amines) is 1. The minimum atomic E-state index is -0.396. The molecule has 2 saturated heterocycles. The lowest BCUT2D eigenvalue weighted by atomic mass is 9.71. The van der Waals surface area contributed by atoms with Crippen LogP contribution in [0.5, 0.6) is 5.75 Å². The molecule has 2 aliphatic rings. The minimum absolute atomic E-state index is 0.164. The fourth-order valence-electron chi connectivity index (χ4n) is 3.89. The highest BCUT2D eigenvalue weighted by molar-refractivity contribution is 7.99. The van der Waals surface area contributed by atoms with Crippen molar-refractivity contribution in [2.75, 3.05) is 50.2 Å². The third-order valence-electron chi connectivity index (χ3n) is 5.25. The van der Waals surface area contributed by atoms with E-state index in [-0.39, 0.29) is 11.3 Å². The average Bonchev–Trinajstić information content (AvgIpc) is 2.64. The van der Waals surface area contributed by atoms with Gasteiger partial charge in [0.05, 0.1) is 31.4 Å². The smallest absolute Gasteiger partial charge is 0.232 e. The summed E-state index contributed by atoms with van der Waals surface area (Å²) in [6.45, 7) is 2.78. The second kappa shape index (κ2) is 7.78. The number of ether oxygens (including phenoxy) is 1. The van der Waals surface area contributed by atoms with Gasteiger partial charge in [0.1, 0.15) is 0 Å². The Morgan fingerprint density at radius 3 is 2.84 bits per heavy atom. The molecule has 0 radical (unpaired) electrons. The average molecular weight is 366 g/mol. The molecule has 3 rings (SSSR count). The molecule has 7 nitrogen and oxygen atoms in total. The number of aromatic nitrogens is 2. The van der Waals surface area contributed by atoms with Gasteiger partial charge in [-0.1, -0.05) is 0 Å². The maximum absolute atomic E-state index is 12.3. The van der Waals surface area contributed by atoms with Crippen molar-refractivity contribution in [1.82, 2.24) is 14.9 Å². The summed E-state index contributed by atoms with van der Waals surface area (Å²) in [7, 11) is 1.59. The summed E-state index contributed by atoms with van der Waals surface area (Å²) in [4.78, 5) is 25.1. The van der Waals surface area contributed by atoms with Crippen LogP contribution in [0.4, 0.5) is 5.95 Å². The van der Waals surface area contributed by atoms with E-state index >= 15 is 0 Å². The van der Waals surface area contributed by atoms with Gasteiger partial charge in [-0.3, -0.25) is 4.79 Å². The van der Waals surface area contributed by atoms with Crippen LogP contribution in [0.1, 0.15) is 19.3 Å². The predicted molar refractivity (Wildman–Crippen MR) is 98.0 cm³/mol. The van der Waals surface area contributed by atoms with Crippen LogP contribution in [-0.4, -0.2) is 77.3 Å². The fraction of sp³-hybridized carbons (Fsp3) is 0.706. The van der Waals surface area contributed by atoms with E-state index in [0.29, 0.717) is 43.5 Å². The Morgan fingerprint density at radius 1 is 1.40 bits per heavy atom. The largest absolute Gasteiger partial charge is 0.494 e. The molecule has 2 fully saturated rings. The van der Waals surface area contributed by atoms with Gasteiger partial charge in [-0.2, -0.15) is 11.8 Å². The molecule has 0 aliphatic carbocycles. The number of piperidine rings is 2. The van der Waals surface area contributed by atoms with Gasteiger partial charge in [0.2, 0.25) is 11.9 Å². The first-order valence-corrected chi connectivity index (χ1v) is 10.0.